The maximum atomic E-state index is 12.8. The maximum absolute atomic E-state index is 12.8. The normalized spacial score (nSPS) is 15.8. The van der Waals surface area contributed by atoms with Gasteiger partial charge in [0.15, 0.2) is 5.69 Å². The van der Waals surface area contributed by atoms with Gasteiger partial charge in [0.05, 0.1) is 5.69 Å². The minimum atomic E-state index is -0.783. The minimum Gasteiger partial charge on any atom is -0.489 e. The summed E-state index contributed by atoms with van der Waals surface area (Å²) in [6.07, 6.45) is 0.535. The number of anilines is 1. The summed E-state index contributed by atoms with van der Waals surface area (Å²) in [5.41, 5.74) is 1.80. The van der Waals surface area contributed by atoms with Crippen LogP contribution in [-0.2, 0) is 11.2 Å². The molecule has 0 aliphatic carbocycles. The summed E-state index contributed by atoms with van der Waals surface area (Å²) in [7, 11) is 1.55. The third-order valence-corrected chi connectivity index (χ3v) is 4.63. The number of hydrogen-bond acceptors (Lipinski definition) is 5. The van der Waals surface area contributed by atoms with Gasteiger partial charge in [0.2, 0.25) is 0 Å². The molecular formula is C21H19N3O4. The van der Waals surface area contributed by atoms with Crippen molar-refractivity contribution in [3.63, 3.8) is 0 Å². The number of nitrogens with zero attached hydrogens (tertiary/aromatic N) is 2. The zero-order valence-corrected chi connectivity index (χ0v) is 15.3. The maximum Gasteiger partial charge on any atom is 0.276 e. The lowest BCUT2D eigenvalue weighted by molar-refractivity contribution is -0.120. The highest BCUT2D eigenvalue weighted by atomic mass is 16.5. The second-order valence-electron chi connectivity index (χ2n) is 6.57. The van der Waals surface area contributed by atoms with E-state index in [1.807, 2.05) is 36.4 Å². The molecule has 4 rings (SSSR count). The minimum absolute atomic E-state index is 0.0554. The van der Waals surface area contributed by atoms with Crippen molar-refractivity contribution in [2.24, 2.45) is 0 Å². The fourth-order valence-electron chi connectivity index (χ4n) is 3.06. The van der Waals surface area contributed by atoms with Crippen molar-refractivity contribution in [1.29, 1.82) is 0 Å². The van der Waals surface area contributed by atoms with E-state index < -0.39 is 11.9 Å². The number of rotatable bonds is 4. The fourth-order valence-corrected chi connectivity index (χ4v) is 3.06. The highest BCUT2D eigenvalue weighted by Gasteiger charge is 2.32. The number of para-hydroxylation sites is 2. The molecule has 0 spiro atoms. The van der Waals surface area contributed by atoms with Gasteiger partial charge in [-0.3, -0.25) is 9.59 Å². The summed E-state index contributed by atoms with van der Waals surface area (Å²) >= 11 is 0. The molecule has 1 aliphatic heterocycles. The number of carbonyl (C=O) groups excluding carboxylic acids is 2. The number of nitrogens with one attached hydrogen (secondary N) is 1. The molecule has 0 unspecified atom stereocenters. The molecule has 1 atom stereocenters. The molecule has 1 aromatic heterocycles. The van der Waals surface area contributed by atoms with Gasteiger partial charge in [-0.2, -0.15) is 0 Å². The average molecular weight is 377 g/mol. The van der Waals surface area contributed by atoms with E-state index in [-0.39, 0.29) is 18.2 Å². The quantitative estimate of drug-likeness (QED) is 0.756. The van der Waals surface area contributed by atoms with Crippen LogP contribution in [0.15, 0.2) is 65.2 Å². The Morgan fingerprint density at radius 1 is 1.18 bits per heavy atom. The van der Waals surface area contributed by atoms with Crippen LogP contribution in [-0.4, -0.2) is 41.6 Å². The smallest absolute Gasteiger partial charge is 0.276 e. The average Bonchev–Trinajstić information content (AvgIpc) is 3.10. The van der Waals surface area contributed by atoms with E-state index in [1.54, 1.807) is 31.3 Å². The summed E-state index contributed by atoms with van der Waals surface area (Å²) < 4.78 is 11.0. The summed E-state index contributed by atoms with van der Waals surface area (Å²) in [6.45, 7) is 0.0554. The van der Waals surface area contributed by atoms with Gasteiger partial charge < -0.3 is 19.5 Å². The molecule has 3 aromatic rings. The van der Waals surface area contributed by atoms with Gasteiger partial charge in [-0.25, -0.2) is 0 Å². The van der Waals surface area contributed by atoms with Gasteiger partial charge in [0.25, 0.3) is 11.8 Å². The molecule has 28 heavy (non-hydrogen) atoms. The number of ether oxygens (including phenoxy) is 1. The molecule has 2 amide bonds. The largest absolute Gasteiger partial charge is 0.489 e. The van der Waals surface area contributed by atoms with Crippen molar-refractivity contribution in [2.45, 2.75) is 12.5 Å². The van der Waals surface area contributed by atoms with Crippen LogP contribution in [0.25, 0.3) is 0 Å². The van der Waals surface area contributed by atoms with E-state index in [4.69, 9.17) is 9.26 Å². The zero-order chi connectivity index (χ0) is 19.5. The summed E-state index contributed by atoms with van der Waals surface area (Å²) in [5.74, 6) is 0.439. The van der Waals surface area contributed by atoms with Crippen molar-refractivity contribution < 1.29 is 18.8 Å². The van der Waals surface area contributed by atoms with E-state index in [0.717, 1.165) is 5.56 Å². The van der Waals surface area contributed by atoms with E-state index in [2.05, 4.69) is 10.5 Å². The topological polar surface area (TPSA) is 84.7 Å². The Morgan fingerprint density at radius 2 is 1.93 bits per heavy atom. The highest BCUT2D eigenvalue weighted by Crippen LogP contribution is 2.27. The SMILES string of the molecule is CN(C(=O)c1cc(Cc2ccccc2)on1)[C@H]1COc2ccccc2NC1=O. The monoisotopic (exact) mass is 377 g/mol. The molecule has 7 heteroatoms. The molecule has 0 bridgehead atoms. The standard InChI is InChI=1S/C21H19N3O4/c1-24(18-13-27-19-10-6-5-9-16(19)22-20(18)25)21(26)17-12-15(28-23-17)11-14-7-3-2-4-8-14/h2-10,12,18H,11,13H2,1H3,(H,22,25)/t18-/m0/s1. The fraction of sp³-hybridized carbons (Fsp3) is 0.190. The number of carbonyl (C=O) groups is 2. The van der Waals surface area contributed by atoms with Gasteiger partial charge in [-0.05, 0) is 17.7 Å². The number of benzene rings is 2. The third kappa shape index (κ3) is 3.59. The zero-order valence-electron chi connectivity index (χ0n) is 15.3. The van der Waals surface area contributed by atoms with Crippen LogP contribution >= 0.6 is 0 Å². The molecule has 0 fully saturated rings. The Hall–Kier alpha value is -3.61. The Bertz CT molecular complexity index is 1000. The van der Waals surface area contributed by atoms with Gasteiger partial charge in [0, 0.05) is 19.5 Å². The van der Waals surface area contributed by atoms with Crippen molar-refractivity contribution in [1.82, 2.24) is 10.1 Å². The predicted molar refractivity (Wildman–Crippen MR) is 102 cm³/mol. The number of amides is 2. The lowest BCUT2D eigenvalue weighted by Crippen LogP contribution is -2.47. The van der Waals surface area contributed by atoms with Crippen molar-refractivity contribution >= 4 is 17.5 Å². The van der Waals surface area contributed by atoms with Crippen LogP contribution in [0.1, 0.15) is 21.8 Å². The van der Waals surface area contributed by atoms with E-state index in [0.29, 0.717) is 23.6 Å². The molecule has 7 nitrogen and oxygen atoms in total. The molecule has 1 N–H and O–H groups in total. The molecule has 0 saturated carbocycles. The molecule has 0 radical (unpaired) electrons. The Labute approximate surface area is 161 Å². The highest BCUT2D eigenvalue weighted by molar-refractivity contribution is 6.01. The first-order valence-electron chi connectivity index (χ1n) is 8.91. The molecule has 1 aliphatic rings. The van der Waals surface area contributed by atoms with Crippen LogP contribution in [0.5, 0.6) is 5.75 Å². The van der Waals surface area contributed by atoms with Crippen LogP contribution in [0.2, 0.25) is 0 Å². The summed E-state index contributed by atoms with van der Waals surface area (Å²) in [5, 5.41) is 6.67. The summed E-state index contributed by atoms with van der Waals surface area (Å²) in [6, 6.07) is 17.7. The lowest BCUT2D eigenvalue weighted by atomic mass is 10.1. The number of likely N-dealkylation sites (N-methyl/N-ethyl adjacent to an activating group) is 1. The van der Waals surface area contributed by atoms with Crippen molar-refractivity contribution in [2.75, 3.05) is 19.0 Å². The number of fused-ring (bicyclic) bond motifs is 1. The van der Waals surface area contributed by atoms with E-state index in [9.17, 15) is 9.59 Å². The Kier molecular flexibility index (Phi) is 4.80. The molecule has 2 aromatic carbocycles. The van der Waals surface area contributed by atoms with Gasteiger partial charge in [-0.15, -0.1) is 0 Å². The number of aromatic nitrogens is 1. The second kappa shape index (κ2) is 7.56. The van der Waals surface area contributed by atoms with Crippen LogP contribution in [0.4, 0.5) is 5.69 Å². The van der Waals surface area contributed by atoms with E-state index in [1.165, 1.54) is 4.90 Å². The lowest BCUT2D eigenvalue weighted by Gasteiger charge is -2.24. The van der Waals surface area contributed by atoms with Crippen LogP contribution in [0.3, 0.4) is 0 Å². The molecule has 142 valence electrons. The molecular weight excluding hydrogens is 358 g/mol. The Balaban J connectivity index is 1.47. The van der Waals surface area contributed by atoms with Crippen molar-refractivity contribution in [3.05, 3.63) is 77.7 Å². The first-order valence-corrected chi connectivity index (χ1v) is 8.91. The van der Waals surface area contributed by atoms with Crippen LogP contribution in [0, 0.1) is 0 Å². The van der Waals surface area contributed by atoms with Crippen molar-refractivity contribution in [3.8, 4) is 5.75 Å². The Morgan fingerprint density at radius 3 is 2.75 bits per heavy atom. The third-order valence-electron chi connectivity index (χ3n) is 4.63. The van der Waals surface area contributed by atoms with Gasteiger partial charge in [0.1, 0.15) is 24.2 Å². The number of hydrogen-bond donors (Lipinski definition) is 1. The first-order chi connectivity index (χ1) is 13.6. The summed E-state index contributed by atoms with van der Waals surface area (Å²) in [4.78, 5) is 26.7. The van der Waals surface area contributed by atoms with E-state index >= 15 is 0 Å². The molecule has 0 saturated heterocycles. The second-order valence-corrected chi connectivity index (χ2v) is 6.57. The van der Waals surface area contributed by atoms with Gasteiger partial charge in [-0.1, -0.05) is 47.6 Å². The van der Waals surface area contributed by atoms with Gasteiger partial charge >= 0.3 is 0 Å². The first kappa shape index (κ1) is 17.8. The van der Waals surface area contributed by atoms with Crippen LogP contribution < -0.4 is 10.1 Å². The molecule has 2 heterocycles. The predicted octanol–water partition coefficient (Wildman–Crippen LogP) is 2.74.